The maximum absolute atomic E-state index is 11.3. The van der Waals surface area contributed by atoms with Crippen molar-refractivity contribution in [2.24, 2.45) is 5.84 Å². The van der Waals surface area contributed by atoms with E-state index in [2.05, 4.69) is 27.7 Å². The van der Waals surface area contributed by atoms with Gasteiger partial charge in [0.15, 0.2) is 0 Å². The zero-order chi connectivity index (χ0) is 14.5. The molecule has 0 aliphatic carbocycles. The summed E-state index contributed by atoms with van der Waals surface area (Å²) in [5.41, 5.74) is 4.92. The lowest BCUT2D eigenvalue weighted by Gasteiger charge is -2.15. The third-order valence-corrected chi connectivity index (χ3v) is 3.72. The standard InChI is InChI=1S/C14H18N4OS/c1-10-16-13(9-20-10)8-18(2)7-11-3-5-12(6-4-11)14(19)17-15/h3-6,9H,7-8,15H2,1-2H3,(H,17,19). The number of rotatable bonds is 5. The number of benzene rings is 1. The second kappa shape index (κ2) is 6.60. The summed E-state index contributed by atoms with van der Waals surface area (Å²) < 4.78 is 0. The van der Waals surface area contributed by atoms with Gasteiger partial charge in [0, 0.05) is 24.0 Å². The van der Waals surface area contributed by atoms with Gasteiger partial charge in [0.1, 0.15) is 0 Å². The van der Waals surface area contributed by atoms with Gasteiger partial charge in [-0.2, -0.15) is 0 Å². The van der Waals surface area contributed by atoms with E-state index in [1.807, 2.05) is 19.1 Å². The molecule has 0 unspecified atom stereocenters. The number of nitrogens with two attached hydrogens (primary N) is 1. The van der Waals surface area contributed by atoms with E-state index in [0.29, 0.717) is 5.56 Å². The van der Waals surface area contributed by atoms with Crippen molar-refractivity contribution >= 4 is 17.2 Å². The van der Waals surface area contributed by atoms with Crippen LogP contribution in [-0.2, 0) is 13.1 Å². The summed E-state index contributed by atoms with van der Waals surface area (Å²) in [4.78, 5) is 18.0. The second-order valence-electron chi connectivity index (χ2n) is 4.70. The molecule has 6 heteroatoms. The number of nitrogens with zero attached hydrogens (tertiary/aromatic N) is 2. The molecule has 1 aromatic heterocycles. The zero-order valence-corrected chi connectivity index (χ0v) is 12.4. The van der Waals surface area contributed by atoms with Crippen molar-refractivity contribution in [2.75, 3.05) is 7.05 Å². The number of aryl methyl sites for hydroxylation is 1. The molecule has 2 aromatic rings. The maximum Gasteiger partial charge on any atom is 0.265 e. The van der Waals surface area contributed by atoms with Crippen molar-refractivity contribution in [3.8, 4) is 0 Å². The van der Waals surface area contributed by atoms with Gasteiger partial charge in [0.25, 0.3) is 5.91 Å². The van der Waals surface area contributed by atoms with Crippen molar-refractivity contribution in [1.29, 1.82) is 0 Å². The molecule has 3 N–H and O–H groups in total. The van der Waals surface area contributed by atoms with Crippen LogP contribution in [0.1, 0.15) is 26.6 Å². The first kappa shape index (κ1) is 14.6. The van der Waals surface area contributed by atoms with Crippen LogP contribution in [0.15, 0.2) is 29.6 Å². The fourth-order valence-corrected chi connectivity index (χ4v) is 2.57. The van der Waals surface area contributed by atoms with Crippen LogP contribution in [0, 0.1) is 6.92 Å². The molecular weight excluding hydrogens is 272 g/mol. The topological polar surface area (TPSA) is 71.2 Å². The molecule has 5 nitrogen and oxygen atoms in total. The van der Waals surface area contributed by atoms with Crippen LogP contribution < -0.4 is 11.3 Å². The molecule has 1 aromatic carbocycles. The molecule has 2 rings (SSSR count). The quantitative estimate of drug-likeness (QED) is 0.499. The summed E-state index contributed by atoms with van der Waals surface area (Å²) in [5, 5.41) is 3.17. The predicted octanol–water partition coefficient (Wildman–Crippen LogP) is 1.69. The number of aromatic nitrogens is 1. The number of amides is 1. The monoisotopic (exact) mass is 290 g/mol. The Balaban J connectivity index is 1.94. The molecule has 0 spiro atoms. The minimum absolute atomic E-state index is 0.275. The van der Waals surface area contributed by atoms with E-state index in [9.17, 15) is 4.79 Å². The van der Waals surface area contributed by atoms with Crippen LogP contribution in [0.5, 0.6) is 0 Å². The number of carbonyl (C=O) groups excluding carboxylic acids is 1. The van der Waals surface area contributed by atoms with Crippen LogP contribution >= 0.6 is 11.3 Å². The Kier molecular flexibility index (Phi) is 4.84. The minimum atomic E-state index is -0.275. The van der Waals surface area contributed by atoms with E-state index in [1.54, 1.807) is 23.5 Å². The Morgan fingerprint density at radius 3 is 2.60 bits per heavy atom. The summed E-state index contributed by atoms with van der Waals surface area (Å²) in [7, 11) is 2.05. The lowest BCUT2D eigenvalue weighted by molar-refractivity contribution is 0.0953. The normalized spacial score (nSPS) is 10.8. The number of hydrazine groups is 1. The highest BCUT2D eigenvalue weighted by Gasteiger charge is 2.06. The van der Waals surface area contributed by atoms with E-state index in [1.165, 1.54) is 0 Å². The zero-order valence-electron chi connectivity index (χ0n) is 11.6. The van der Waals surface area contributed by atoms with E-state index in [4.69, 9.17) is 5.84 Å². The molecule has 0 atom stereocenters. The van der Waals surface area contributed by atoms with Gasteiger partial charge in [-0.3, -0.25) is 15.1 Å². The number of carbonyl (C=O) groups is 1. The van der Waals surface area contributed by atoms with E-state index < -0.39 is 0 Å². The van der Waals surface area contributed by atoms with Gasteiger partial charge < -0.3 is 0 Å². The van der Waals surface area contributed by atoms with Gasteiger partial charge in [-0.05, 0) is 31.7 Å². The fourth-order valence-electron chi connectivity index (χ4n) is 1.97. The smallest absolute Gasteiger partial charge is 0.265 e. The average molecular weight is 290 g/mol. The first-order valence-electron chi connectivity index (χ1n) is 6.28. The molecule has 0 saturated heterocycles. The number of nitrogen functional groups attached to an aromatic ring is 1. The Morgan fingerprint density at radius 2 is 2.05 bits per heavy atom. The summed E-state index contributed by atoms with van der Waals surface area (Å²) in [6.07, 6.45) is 0. The summed E-state index contributed by atoms with van der Waals surface area (Å²) in [6.45, 7) is 3.63. The molecular formula is C14H18N4OS. The molecule has 20 heavy (non-hydrogen) atoms. The molecule has 0 radical (unpaired) electrons. The van der Waals surface area contributed by atoms with Crippen LogP contribution in [0.25, 0.3) is 0 Å². The molecule has 0 bridgehead atoms. The van der Waals surface area contributed by atoms with Crippen molar-refractivity contribution in [1.82, 2.24) is 15.3 Å². The van der Waals surface area contributed by atoms with Crippen LogP contribution in [0.2, 0.25) is 0 Å². The SMILES string of the molecule is Cc1nc(CN(C)Cc2ccc(C(=O)NN)cc2)cs1. The minimum Gasteiger partial charge on any atom is -0.296 e. The van der Waals surface area contributed by atoms with Gasteiger partial charge in [0.2, 0.25) is 0 Å². The summed E-state index contributed by atoms with van der Waals surface area (Å²) in [5.74, 6) is 4.82. The Hall–Kier alpha value is -1.76. The summed E-state index contributed by atoms with van der Waals surface area (Å²) in [6, 6.07) is 7.43. The molecule has 1 amide bonds. The molecule has 0 saturated carbocycles. The number of thiazole rings is 1. The van der Waals surface area contributed by atoms with Gasteiger partial charge in [0.05, 0.1) is 10.7 Å². The van der Waals surface area contributed by atoms with Gasteiger partial charge in [-0.25, -0.2) is 10.8 Å². The Morgan fingerprint density at radius 1 is 1.35 bits per heavy atom. The molecule has 0 aliphatic rings. The Labute approximate surface area is 122 Å². The van der Waals surface area contributed by atoms with Gasteiger partial charge >= 0.3 is 0 Å². The second-order valence-corrected chi connectivity index (χ2v) is 5.76. The number of hydrogen-bond donors (Lipinski definition) is 2. The lowest BCUT2D eigenvalue weighted by atomic mass is 10.1. The third-order valence-electron chi connectivity index (χ3n) is 2.90. The summed E-state index contributed by atoms with van der Waals surface area (Å²) >= 11 is 1.67. The number of hydrogen-bond acceptors (Lipinski definition) is 5. The molecule has 1 heterocycles. The molecule has 0 fully saturated rings. The first-order chi connectivity index (χ1) is 9.58. The first-order valence-corrected chi connectivity index (χ1v) is 7.16. The van der Waals surface area contributed by atoms with Crippen molar-refractivity contribution < 1.29 is 4.79 Å². The third kappa shape index (κ3) is 3.86. The van der Waals surface area contributed by atoms with E-state index in [0.717, 1.165) is 29.4 Å². The van der Waals surface area contributed by atoms with Crippen LogP contribution in [-0.4, -0.2) is 22.8 Å². The predicted molar refractivity (Wildman–Crippen MR) is 80.1 cm³/mol. The highest BCUT2D eigenvalue weighted by Crippen LogP contribution is 2.12. The van der Waals surface area contributed by atoms with Crippen molar-refractivity contribution in [3.05, 3.63) is 51.5 Å². The largest absolute Gasteiger partial charge is 0.296 e. The van der Waals surface area contributed by atoms with E-state index in [-0.39, 0.29) is 5.91 Å². The van der Waals surface area contributed by atoms with Crippen molar-refractivity contribution in [3.63, 3.8) is 0 Å². The highest BCUT2D eigenvalue weighted by atomic mass is 32.1. The van der Waals surface area contributed by atoms with Gasteiger partial charge in [-0.15, -0.1) is 11.3 Å². The van der Waals surface area contributed by atoms with Crippen molar-refractivity contribution in [2.45, 2.75) is 20.0 Å². The number of nitrogens with one attached hydrogen (secondary N) is 1. The molecule has 0 aliphatic heterocycles. The Bertz CT molecular complexity index is 579. The molecule has 106 valence electrons. The average Bonchev–Trinajstić information content (AvgIpc) is 2.84. The lowest BCUT2D eigenvalue weighted by Crippen LogP contribution is -2.29. The van der Waals surface area contributed by atoms with E-state index >= 15 is 0 Å². The maximum atomic E-state index is 11.3. The van der Waals surface area contributed by atoms with Gasteiger partial charge in [-0.1, -0.05) is 12.1 Å². The fraction of sp³-hybridized carbons (Fsp3) is 0.286. The highest BCUT2D eigenvalue weighted by molar-refractivity contribution is 7.09. The van der Waals surface area contributed by atoms with Crippen LogP contribution in [0.3, 0.4) is 0 Å². The van der Waals surface area contributed by atoms with Crippen LogP contribution in [0.4, 0.5) is 0 Å².